The maximum absolute atomic E-state index is 14.4. The lowest BCUT2D eigenvalue weighted by molar-refractivity contribution is -0.137. The Labute approximate surface area is 372 Å². The van der Waals surface area contributed by atoms with Gasteiger partial charge in [-0.05, 0) is 109 Å². The van der Waals surface area contributed by atoms with E-state index in [0.717, 1.165) is 77.4 Å². The van der Waals surface area contributed by atoms with E-state index >= 15 is 0 Å². The number of anilines is 1. The SMILES string of the molecule is COC(=O)N[C@H](C(=O)N1CCC[C@H]1c1nc2ccc(C3CC[C@H](c4ccc5nc([C@@H]6CCCN6C(=O)[C@@H](NC(=O)OC)C(C)(C)C)[nH]c5c4)N3c3ccc(F)cc3)cc2[nH]1)C(C)(C)C. The molecule has 3 aromatic carbocycles. The highest BCUT2D eigenvalue weighted by Crippen LogP contribution is 2.48. The zero-order valence-electron chi connectivity index (χ0n) is 38.0. The Balaban J connectivity index is 1.06. The molecule has 3 aliphatic rings. The summed E-state index contributed by atoms with van der Waals surface area (Å²) in [6, 6.07) is 17.0. The molecular weight excluding hydrogens is 818 g/mol. The Morgan fingerprint density at radius 1 is 0.641 bits per heavy atom. The van der Waals surface area contributed by atoms with Crippen LogP contribution in [0.15, 0.2) is 60.7 Å². The number of alkyl carbamates (subject to hydrolysis) is 2. The van der Waals surface area contributed by atoms with E-state index in [2.05, 4.69) is 49.8 Å². The lowest BCUT2D eigenvalue weighted by atomic mass is 9.85. The van der Waals surface area contributed by atoms with Gasteiger partial charge < -0.3 is 44.8 Å². The van der Waals surface area contributed by atoms with Crippen molar-refractivity contribution in [1.82, 2.24) is 40.4 Å². The average Bonchev–Trinajstić information content (AvgIpc) is 4.11. The highest BCUT2D eigenvalue weighted by molar-refractivity contribution is 5.88. The largest absolute Gasteiger partial charge is 0.453 e. The molecule has 5 aromatic rings. The number of carbonyl (C=O) groups is 4. The van der Waals surface area contributed by atoms with Crippen molar-refractivity contribution in [2.75, 3.05) is 32.2 Å². The first-order valence-corrected chi connectivity index (χ1v) is 22.3. The Morgan fingerprint density at radius 3 is 1.45 bits per heavy atom. The van der Waals surface area contributed by atoms with E-state index in [4.69, 9.17) is 19.4 Å². The maximum Gasteiger partial charge on any atom is 0.407 e. The zero-order chi connectivity index (χ0) is 45.7. The van der Waals surface area contributed by atoms with E-state index in [1.807, 2.05) is 75.6 Å². The summed E-state index contributed by atoms with van der Waals surface area (Å²) in [7, 11) is 2.58. The minimum Gasteiger partial charge on any atom is -0.453 e. The van der Waals surface area contributed by atoms with Crippen molar-refractivity contribution in [3.63, 3.8) is 0 Å². The molecule has 3 fully saturated rings. The van der Waals surface area contributed by atoms with Gasteiger partial charge in [-0.1, -0.05) is 53.7 Å². The number of aromatic amines is 2. The number of aromatic nitrogens is 4. The van der Waals surface area contributed by atoms with Crippen LogP contribution >= 0.6 is 0 Å². The van der Waals surface area contributed by atoms with Crippen LogP contribution in [-0.4, -0.2) is 93.1 Å². The van der Waals surface area contributed by atoms with Gasteiger partial charge in [0.2, 0.25) is 11.8 Å². The Kier molecular flexibility index (Phi) is 12.1. The topological polar surface area (TPSA) is 178 Å². The Morgan fingerprint density at radius 2 is 1.06 bits per heavy atom. The van der Waals surface area contributed by atoms with E-state index in [1.54, 1.807) is 0 Å². The summed E-state index contributed by atoms with van der Waals surface area (Å²) in [5, 5.41) is 5.51. The van der Waals surface area contributed by atoms with Gasteiger partial charge in [0.15, 0.2) is 0 Å². The van der Waals surface area contributed by atoms with E-state index < -0.39 is 35.1 Å². The zero-order valence-corrected chi connectivity index (χ0v) is 38.0. The molecule has 5 heterocycles. The lowest BCUT2D eigenvalue weighted by Crippen LogP contribution is -2.54. The van der Waals surface area contributed by atoms with Gasteiger partial charge in [-0.15, -0.1) is 0 Å². The molecule has 16 heteroatoms. The molecule has 0 bridgehead atoms. The van der Waals surface area contributed by atoms with Crippen molar-refractivity contribution in [3.05, 3.63) is 89.3 Å². The van der Waals surface area contributed by atoms with E-state index in [-0.39, 0.29) is 41.8 Å². The Bertz CT molecular complexity index is 2390. The van der Waals surface area contributed by atoms with Crippen molar-refractivity contribution < 1.29 is 33.0 Å². The van der Waals surface area contributed by atoms with Crippen molar-refractivity contribution in [2.24, 2.45) is 10.8 Å². The van der Waals surface area contributed by atoms with Gasteiger partial charge >= 0.3 is 12.2 Å². The summed E-state index contributed by atoms with van der Waals surface area (Å²) in [6.07, 6.45) is 3.46. The van der Waals surface area contributed by atoms with Crippen molar-refractivity contribution >= 4 is 51.8 Å². The molecule has 3 aliphatic heterocycles. The molecule has 1 unspecified atom stereocenters. The fourth-order valence-electron chi connectivity index (χ4n) is 9.87. The van der Waals surface area contributed by atoms with Crippen molar-refractivity contribution in [1.29, 1.82) is 0 Å². The number of nitrogens with zero attached hydrogens (tertiary/aromatic N) is 5. The fourth-order valence-corrected chi connectivity index (χ4v) is 9.87. The molecule has 2 aromatic heterocycles. The molecule has 0 spiro atoms. The number of hydrogen-bond donors (Lipinski definition) is 4. The van der Waals surface area contributed by atoms with Gasteiger partial charge in [-0.25, -0.2) is 23.9 Å². The van der Waals surface area contributed by atoms with Gasteiger partial charge in [0.1, 0.15) is 29.5 Å². The number of ether oxygens (including phenoxy) is 2. The molecule has 0 radical (unpaired) electrons. The van der Waals surface area contributed by atoms with Crippen LogP contribution in [0, 0.1) is 16.6 Å². The molecule has 15 nitrogen and oxygen atoms in total. The standard InChI is InChI=1S/C48H60FN9O6/c1-47(2,3)39(54-45(61)63-7)43(59)56-23-9-11-37(56)41-50-31-19-13-27(25-33(31)52-41)35-21-22-36(58(35)30-17-15-29(49)16-18-30)28-14-20-32-34(26-28)53-42(51-32)38-12-10-24-57(38)44(60)40(48(4,5)6)55-46(62)64-8/h13-20,25-26,35-40H,9-12,21-24H2,1-8H3,(H,50,52)(H,51,53)(H,54,61)(H,55,62)/t35-,36?,37+,38+,39-,40-/m1/s1. The van der Waals surface area contributed by atoms with Crippen molar-refractivity contribution in [3.8, 4) is 0 Å². The summed E-state index contributed by atoms with van der Waals surface area (Å²) in [5.41, 5.74) is 5.25. The number of hydrogen-bond acceptors (Lipinski definition) is 9. The molecule has 340 valence electrons. The first-order chi connectivity index (χ1) is 30.4. The minimum absolute atomic E-state index is 0.0476. The monoisotopic (exact) mass is 877 g/mol. The molecule has 6 atom stereocenters. The molecule has 64 heavy (non-hydrogen) atoms. The summed E-state index contributed by atoms with van der Waals surface area (Å²) in [4.78, 5) is 75.6. The fraction of sp³-hybridized carbons (Fsp3) is 0.500. The number of methoxy groups -OCH3 is 2. The molecule has 8 rings (SSSR count). The second kappa shape index (κ2) is 17.4. The minimum atomic E-state index is -0.779. The van der Waals surface area contributed by atoms with Crippen LogP contribution in [0.3, 0.4) is 0 Å². The number of benzene rings is 3. The highest BCUT2D eigenvalue weighted by atomic mass is 19.1. The van der Waals surface area contributed by atoms with Crippen LogP contribution < -0.4 is 15.5 Å². The maximum atomic E-state index is 14.4. The smallest absolute Gasteiger partial charge is 0.407 e. The first-order valence-electron chi connectivity index (χ1n) is 22.3. The predicted octanol–water partition coefficient (Wildman–Crippen LogP) is 8.53. The summed E-state index contributed by atoms with van der Waals surface area (Å²) >= 11 is 0. The van der Waals surface area contributed by atoms with Crippen LogP contribution in [0.1, 0.15) is 127 Å². The van der Waals surface area contributed by atoms with Crippen LogP contribution in [0.5, 0.6) is 0 Å². The Hall–Kier alpha value is -6.19. The molecule has 0 saturated carbocycles. The number of imidazole rings is 2. The third-order valence-electron chi connectivity index (χ3n) is 13.2. The van der Waals surface area contributed by atoms with Crippen LogP contribution in [0.2, 0.25) is 0 Å². The third-order valence-corrected chi connectivity index (χ3v) is 13.2. The highest BCUT2D eigenvalue weighted by Gasteiger charge is 2.43. The number of rotatable bonds is 9. The molecule has 3 saturated heterocycles. The summed E-state index contributed by atoms with van der Waals surface area (Å²) in [6.45, 7) is 12.6. The molecule has 4 N–H and O–H groups in total. The van der Waals surface area contributed by atoms with Gasteiger partial charge in [0, 0.05) is 18.8 Å². The number of nitrogens with one attached hydrogen (secondary N) is 4. The van der Waals surface area contributed by atoms with Gasteiger partial charge in [-0.3, -0.25) is 9.59 Å². The van der Waals surface area contributed by atoms with Gasteiger partial charge in [0.05, 0.1) is 60.5 Å². The van der Waals surface area contributed by atoms with Crippen LogP contribution in [-0.2, 0) is 19.1 Å². The number of amides is 4. The van der Waals surface area contributed by atoms with E-state index in [0.29, 0.717) is 24.7 Å². The predicted molar refractivity (Wildman–Crippen MR) is 241 cm³/mol. The number of H-pyrrole nitrogens is 2. The second-order valence-corrected chi connectivity index (χ2v) is 19.5. The van der Waals surface area contributed by atoms with Crippen molar-refractivity contribution in [2.45, 2.75) is 116 Å². The van der Waals surface area contributed by atoms with E-state index in [1.165, 1.54) is 26.4 Å². The lowest BCUT2D eigenvalue weighted by Gasteiger charge is -2.34. The number of carbonyl (C=O) groups excluding carboxylic acids is 4. The molecular formula is C48H60FN9O6. The summed E-state index contributed by atoms with van der Waals surface area (Å²) in [5.74, 6) is 0.749. The van der Waals surface area contributed by atoms with Crippen LogP contribution in [0.4, 0.5) is 19.7 Å². The second-order valence-electron chi connectivity index (χ2n) is 19.5. The van der Waals surface area contributed by atoms with E-state index in [9.17, 15) is 23.6 Å². The summed E-state index contributed by atoms with van der Waals surface area (Å²) < 4.78 is 24.1. The number of halogens is 1. The van der Waals surface area contributed by atoms with Gasteiger partial charge in [-0.2, -0.15) is 0 Å². The first kappa shape index (κ1) is 44.4. The van der Waals surface area contributed by atoms with Gasteiger partial charge in [0.25, 0.3) is 0 Å². The molecule has 4 amide bonds. The average molecular weight is 878 g/mol. The van der Waals surface area contributed by atoms with Crippen LogP contribution in [0.25, 0.3) is 22.1 Å². The number of fused-ring (bicyclic) bond motifs is 2. The number of likely N-dealkylation sites (tertiary alicyclic amines) is 2. The third kappa shape index (κ3) is 8.70. The normalized spacial score (nSPS) is 21.4. The quantitative estimate of drug-likeness (QED) is 0.113. The molecule has 0 aliphatic carbocycles.